The molecule has 1 aromatic heterocycles. The number of carboxylic acids is 1. The van der Waals surface area contributed by atoms with Crippen molar-refractivity contribution >= 4 is 11.8 Å². The second-order valence-corrected chi connectivity index (χ2v) is 4.21. The highest BCUT2D eigenvalue weighted by atomic mass is 16.4. The molecule has 1 rings (SSSR count). The minimum absolute atomic E-state index is 0.280. The smallest absolute Gasteiger partial charge is 0.326 e. The molecule has 2 N–H and O–H groups in total. The van der Waals surface area contributed by atoms with E-state index in [2.05, 4.69) is 10.3 Å². The molecule has 0 saturated heterocycles. The van der Waals surface area contributed by atoms with Crippen LogP contribution in [0.1, 0.15) is 25.8 Å². The number of pyridine rings is 1. The molecule has 0 aliphatic rings. The molecule has 0 aliphatic heterocycles. The predicted octanol–water partition coefficient (Wildman–Crippen LogP) is 1.86. The fourth-order valence-electron chi connectivity index (χ4n) is 1.42. The molecule has 17 heavy (non-hydrogen) atoms. The van der Waals surface area contributed by atoms with Gasteiger partial charge in [-0.1, -0.05) is 13.8 Å². The summed E-state index contributed by atoms with van der Waals surface area (Å²) in [6, 6.07) is 4.51. The van der Waals surface area contributed by atoms with E-state index in [1.54, 1.807) is 12.1 Å². The number of rotatable bonds is 5. The van der Waals surface area contributed by atoms with Crippen LogP contribution in [0.5, 0.6) is 0 Å². The molecule has 0 radical (unpaired) electrons. The zero-order valence-electron chi connectivity index (χ0n) is 9.84. The van der Waals surface area contributed by atoms with Gasteiger partial charge in [-0.25, -0.2) is 9.78 Å². The molecule has 5 nitrogen and oxygen atoms in total. The van der Waals surface area contributed by atoms with E-state index in [0.717, 1.165) is 0 Å². The van der Waals surface area contributed by atoms with E-state index in [9.17, 15) is 4.79 Å². The van der Waals surface area contributed by atoms with E-state index >= 15 is 0 Å². The van der Waals surface area contributed by atoms with Crippen molar-refractivity contribution in [3.63, 3.8) is 0 Å². The minimum Gasteiger partial charge on any atom is -0.480 e. The molecular weight excluding hydrogens is 218 g/mol. The van der Waals surface area contributed by atoms with Crippen LogP contribution in [0.15, 0.2) is 18.3 Å². The Kier molecular flexibility index (Phi) is 4.46. The van der Waals surface area contributed by atoms with Crippen molar-refractivity contribution in [1.82, 2.24) is 4.98 Å². The summed E-state index contributed by atoms with van der Waals surface area (Å²) < 4.78 is 0. The number of anilines is 1. The molecule has 1 heterocycles. The topological polar surface area (TPSA) is 86.0 Å². The Morgan fingerprint density at radius 1 is 1.59 bits per heavy atom. The maximum atomic E-state index is 11.0. The van der Waals surface area contributed by atoms with Gasteiger partial charge in [-0.05, 0) is 24.5 Å². The lowest BCUT2D eigenvalue weighted by Crippen LogP contribution is -2.31. The second-order valence-electron chi connectivity index (χ2n) is 4.21. The molecule has 0 aromatic carbocycles. The number of nitrogens with zero attached hydrogens (tertiary/aromatic N) is 2. The molecule has 5 heteroatoms. The number of nitriles is 1. The van der Waals surface area contributed by atoms with E-state index in [1.165, 1.54) is 6.20 Å². The van der Waals surface area contributed by atoms with Gasteiger partial charge in [0.1, 0.15) is 17.9 Å². The zero-order chi connectivity index (χ0) is 12.8. The van der Waals surface area contributed by atoms with Crippen molar-refractivity contribution in [1.29, 1.82) is 5.26 Å². The first-order valence-electron chi connectivity index (χ1n) is 5.38. The number of aromatic nitrogens is 1. The Balaban J connectivity index is 2.72. The van der Waals surface area contributed by atoms with Gasteiger partial charge >= 0.3 is 5.97 Å². The second kappa shape index (κ2) is 5.85. The summed E-state index contributed by atoms with van der Waals surface area (Å²) in [6.07, 6.45) is 1.94. The zero-order valence-corrected chi connectivity index (χ0v) is 9.84. The van der Waals surface area contributed by atoms with E-state index in [1.807, 2.05) is 19.9 Å². The lowest BCUT2D eigenvalue weighted by atomic mass is 10.0. The van der Waals surface area contributed by atoms with Gasteiger partial charge in [-0.3, -0.25) is 0 Å². The van der Waals surface area contributed by atoms with Crippen LogP contribution in [0, 0.1) is 17.2 Å². The molecular formula is C12H15N3O2. The SMILES string of the molecule is CC(C)C[C@@H](Nc1ccc(C#N)cn1)C(=O)O. The molecule has 0 saturated carbocycles. The average Bonchev–Trinajstić information content (AvgIpc) is 2.28. The Hall–Kier alpha value is -2.09. The average molecular weight is 233 g/mol. The summed E-state index contributed by atoms with van der Waals surface area (Å²) >= 11 is 0. The number of carboxylic acid groups (broad SMARTS) is 1. The van der Waals surface area contributed by atoms with Crippen LogP contribution in [0.2, 0.25) is 0 Å². The number of nitrogens with one attached hydrogen (secondary N) is 1. The highest BCUT2D eigenvalue weighted by Gasteiger charge is 2.18. The maximum Gasteiger partial charge on any atom is 0.326 e. The number of aliphatic carboxylic acids is 1. The monoisotopic (exact) mass is 233 g/mol. The Bertz CT molecular complexity index is 420. The maximum absolute atomic E-state index is 11.0. The van der Waals surface area contributed by atoms with E-state index in [-0.39, 0.29) is 5.92 Å². The standard InChI is InChI=1S/C12H15N3O2/c1-8(2)5-10(12(16)17)15-11-4-3-9(6-13)7-14-11/h3-4,7-8,10H,5H2,1-2H3,(H,14,15)(H,16,17)/t10-/m1/s1. The first kappa shape index (κ1) is 13.0. The third kappa shape index (κ3) is 4.11. The van der Waals surface area contributed by atoms with Gasteiger partial charge in [0.15, 0.2) is 0 Å². The van der Waals surface area contributed by atoms with Gasteiger partial charge in [0.05, 0.1) is 5.56 Å². The lowest BCUT2D eigenvalue weighted by Gasteiger charge is -2.16. The number of hydrogen-bond donors (Lipinski definition) is 2. The number of hydrogen-bond acceptors (Lipinski definition) is 4. The highest BCUT2D eigenvalue weighted by molar-refractivity contribution is 5.76. The van der Waals surface area contributed by atoms with Crippen molar-refractivity contribution in [2.24, 2.45) is 5.92 Å². The molecule has 0 fully saturated rings. The van der Waals surface area contributed by atoms with Crippen LogP contribution < -0.4 is 5.32 Å². The van der Waals surface area contributed by atoms with Crippen LogP contribution in [-0.4, -0.2) is 22.1 Å². The van der Waals surface area contributed by atoms with Crippen molar-refractivity contribution < 1.29 is 9.90 Å². The van der Waals surface area contributed by atoms with Crippen molar-refractivity contribution in [2.75, 3.05) is 5.32 Å². The summed E-state index contributed by atoms with van der Waals surface area (Å²) in [6.45, 7) is 3.92. The molecule has 0 bridgehead atoms. The first-order valence-corrected chi connectivity index (χ1v) is 5.38. The van der Waals surface area contributed by atoms with Gasteiger partial charge in [-0.15, -0.1) is 0 Å². The number of carbonyl (C=O) groups is 1. The van der Waals surface area contributed by atoms with Crippen molar-refractivity contribution in [2.45, 2.75) is 26.3 Å². The minimum atomic E-state index is -0.898. The molecule has 1 atom stereocenters. The summed E-state index contributed by atoms with van der Waals surface area (Å²) in [5, 5.41) is 20.5. The molecule has 1 aromatic rings. The third-order valence-corrected chi connectivity index (χ3v) is 2.22. The van der Waals surface area contributed by atoms with E-state index < -0.39 is 12.0 Å². The summed E-state index contributed by atoms with van der Waals surface area (Å²) in [4.78, 5) is 15.0. The molecule has 0 spiro atoms. The summed E-state index contributed by atoms with van der Waals surface area (Å²) in [7, 11) is 0. The molecule has 90 valence electrons. The quantitative estimate of drug-likeness (QED) is 0.810. The van der Waals surface area contributed by atoms with Crippen LogP contribution in [0.4, 0.5) is 5.82 Å². The highest BCUT2D eigenvalue weighted by Crippen LogP contribution is 2.11. The van der Waals surface area contributed by atoms with E-state index in [0.29, 0.717) is 17.8 Å². The van der Waals surface area contributed by atoms with Crippen molar-refractivity contribution in [3.8, 4) is 6.07 Å². The summed E-state index contributed by atoms with van der Waals surface area (Å²) in [5.74, 6) is -0.149. The largest absolute Gasteiger partial charge is 0.480 e. The fraction of sp³-hybridized carbons (Fsp3) is 0.417. The normalized spacial score (nSPS) is 11.9. The molecule has 0 amide bonds. The van der Waals surface area contributed by atoms with Crippen molar-refractivity contribution in [3.05, 3.63) is 23.9 Å². The lowest BCUT2D eigenvalue weighted by molar-refractivity contribution is -0.138. The Morgan fingerprint density at radius 3 is 2.71 bits per heavy atom. The van der Waals surface area contributed by atoms with Gasteiger partial charge in [0.25, 0.3) is 0 Å². The van der Waals surface area contributed by atoms with Crippen LogP contribution in [-0.2, 0) is 4.79 Å². The third-order valence-electron chi connectivity index (χ3n) is 2.22. The Labute approximate surface area is 100 Å². The van der Waals surface area contributed by atoms with Gasteiger partial charge < -0.3 is 10.4 Å². The van der Waals surface area contributed by atoms with Gasteiger partial charge in [-0.2, -0.15) is 5.26 Å². The van der Waals surface area contributed by atoms with Crippen LogP contribution >= 0.6 is 0 Å². The van der Waals surface area contributed by atoms with Crippen LogP contribution in [0.25, 0.3) is 0 Å². The van der Waals surface area contributed by atoms with Gasteiger partial charge in [0.2, 0.25) is 0 Å². The first-order chi connectivity index (χ1) is 8.02. The van der Waals surface area contributed by atoms with E-state index in [4.69, 9.17) is 10.4 Å². The predicted molar refractivity (Wildman–Crippen MR) is 63.5 cm³/mol. The van der Waals surface area contributed by atoms with Gasteiger partial charge in [0, 0.05) is 6.20 Å². The Morgan fingerprint density at radius 2 is 2.29 bits per heavy atom. The molecule has 0 unspecified atom stereocenters. The fourth-order valence-corrected chi connectivity index (χ4v) is 1.42. The van der Waals surface area contributed by atoms with Crippen LogP contribution in [0.3, 0.4) is 0 Å². The molecule has 0 aliphatic carbocycles. The summed E-state index contributed by atoms with van der Waals surface area (Å²) in [5.41, 5.74) is 0.450.